The van der Waals surface area contributed by atoms with Crippen molar-refractivity contribution in [3.8, 4) is 0 Å². The number of allylic oxidation sites excluding steroid dienone is 7. The molecule has 2 rings (SSSR count). The van der Waals surface area contributed by atoms with Gasteiger partial charge < -0.3 is 0 Å². The third-order valence-corrected chi connectivity index (χ3v) is 10.9. The molecular weight excluding hydrogens is 375 g/mol. The van der Waals surface area contributed by atoms with Crippen LogP contribution in [-0.4, -0.2) is 31.0 Å². The van der Waals surface area contributed by atoms with Gasteiger partial charge in [0.05, 0.1) is 0 Å². The molecule has 0 saturated carbocycles. The third kappa shape index (κ3) is 6.88. The fourth-order valence-electron chi connectivity index (χ4n) is 3.69. The Morgan fingerprint density at radius 1 is 1.11 bits per heavy atom. The minimum atomic E-state index is -3.94. The van der Waals surface area contributed by atoms with Crippen molar-refractivity contribution in [3.05, 3.63) is 78.7 Å². The van der Waals surface area contributed by atoms with Crippen LogP contribution in [0.4, 0.5) is 0 Å². The molecule has 0 fully saturated rings. The zero-order valence-corrected chi connectivity index (χ0v) is 17.7. The number of unbranched alkanes of at least 4 members (excludes halogenated alkanes) is 1. The SMILES string of the molecule is C=CCC/C=C\C[PH](CCCS(=O)(=O)O)(C1=CCCC=C1)c1ccccc1. The number of hydrogen-bond acceptors (Lipinski definition) is 2. The van der Waals surface area contributed by atoms with Crippen LogP contribution in [0.3, 0.4) is 0 Å². The Kier molecular flexibility index (Phi) is 8.69. The molecule has 3 nitrogen and oxygen atoms in total. The Morgan fingerprint density at radius 2 is 1.89 bits per heavy atom. The zero-order valence-electron chi connectivity index (χ0n) is 15.9. The summed E-state index contributed by atoms with van der Waals surface area (Å²) in [7, 11) is -6.08. The fourth-order valence-corrected chi connectivity index (χ4v) is 9.19. The van der Waals surface area contributed by atoms with Gasteiger partial charge in [0.1, 0.15) is 0 Å². The van der Waals surface area contributed by atoms with Crippen LogP contribution in [0.25, 0.3) is 0 Å². The molecule has 1 aromatic carbocycles. The van der Waals surface area contributed by atoms with Gasteiger partial charge in [-0.2, -0.15) is 0 Å². The van der Waals surface area contributed by atoms with Gasteiger partial charge in [-0.25, -0.2) is 0 Å². The van der Waals surface area contributed by atoms with E-state index in [4.69, 9.17) is 0 Å². The van der Waals surface area contributed by atoms with E-state index in [1.54, 1.807) is 0 Å². The van der Waals surface area contributed by atoms with E-state index in [1.165, 1.54) is 10.6 Å². The van der Waals surface area contributed by atoms with Crippen LogP contribution in [0, 0.1) is 0 Å². The Balaban J connectivity index is 2.37. The molecule has 0 amide bonds. The van der Waals surface area contributed by atoms with Crippen molar-refractivity contribution >= 4 is 22.7 Å². The summed E-state index contributed by atoms with van der Waals surface area (Å²) >= 11 is 0. The molecule has 1 aliphatic carbocycles. The van der Waals surface area contributed by atoms with Crippen LogP contribution in [0.5, 0.6) is 0 Å². The number of hydrogen-bond donors (Lipinski definition) is 1. The number of rotatable bonds is 11. The van der Waals surface area contributed by atoms with Crippen molar-refractivity contribution in [3.63, 3.8) is 0 Å². The molecule has 148 valence electrons. The summed E-state index contributed by atoms with van der Waals surface area (Å²) in [4.78, 5) is 0. The van der Waals surface area contributed by atoms with Crippen LogP contribution in [-0.2, 0) is 10.1 Å². The molecule has 27 heavy (non-hydrogen) atoms. The summed E-state index contributed by atoms with van der Waals surface area (Å²) in [5.41, 5.74) is 0. The Labute approximate surface area is 164 Å². The second-order valence-electron chi connectivity index (χ2n) is 7.02. The van der Waals surface area contributed by atoms with Crippen LogP contribution < -0.4 is 5.30 Å². The summed E-state index contributed by atoms with van der Waals surface area (Å²) < 4.78 is 31.8. The van der Waals surface area contributed by atoms with Crippen LogP contribution >= 0.6 is 7.26 Å². The van der Waals surface area contributed by atoms with E-state index in [0.29, 0.717) is 6.42 Å². The van der Waals surface area contributed by atoms with E-state index in [2.05, 4.69) is 61.2 Å². The molecule has 1 N–H and O–H groups in total. The van der Waals surface area contributed by atoms with Crippen LogP contribution in [0.15, 0.2) is 78.7 Å². The van der Waals surface area contributed by atoms with Gasteiger partial charge in [-0.3, -0.25) is 0 Å². The zero-order chi connectivity index (χ0) is 19.6. The Bertz CT molecular complexity index is 794. The molecule has 1 aliphatic rings. The van der Waals surface area contributed by atoms with Gasteiger partial charge in [0.2, 0.25) is 0 Å². The molecular formula is C22H31O3PS. The molecule has 0 saturated heterocycles. The van der Waals surface area contributed by atoms with Crippen LogP contribution in [0.1, 0.15) is 32.1 Å². The second-order valence-corrected chi connectivity index (χ2v) is 12.8. The van der Waals surface area contributed by atoms with E-state index < -0.39 is 17.4 Å². The summed E-state index contributed by atoms with van der Waals surface area (Å²) in [6.07, 6.45) is 19.5. The maximum atomic E-state index is 11.3. The average molecular weight is 407 g/mol. The Hall–Kier alpha value is -1.48. The topological polar surface area (TPSA) is 54.4 Å². The predicted octanol–water partition coefficient (Wildman–Crippen LogP) is 5.10. The first kappa shape index (κ1) is 21.8. The third-order valence-electron chi connectivity index (χ3n) is 5.05. The van der Waals surface area contributed by atoms with Crippen molar-refractivity contribution in [2.24, 2.45) is 0 Å². The first-order valence-corrected chi connectivity index (χ1v) is 13.6. The molecule has 0 aromatic heterocycles. The standard InChI is InChI=1S/C22H31O3PS/c1-2-3-4-5-12-18-26(19-13-20-27(23,24)25,21-14-8-6-9-15-21)22-16-10-7-11-17-22/h2,5-6,8-10,12,14-17,26H,1,3-4,7,11,13,18-20H2,(H,23,24,25)/b12-5-. The molecule has 0 radical (unpaired) electrons. The van der Waals surface area contributed by atoms with Crippen molar-refractivity contribution < 1.29 is 13.0 Å². The summed E-state index contributed by atoms with van der Waals surface area (Å²) in [5.74, 6) is -0.175. The molecule has 5 heteroatoms. The normalized spacial score (nSPS) is 15.7. The van der Waals surface area contributed by atoms with E-state index in [1.807, 2.05) is 12.1 Å². The van der Waals surface area contributed by atoms with Gasteiger partial charge in [-0.1, -0.05) is 0 Å². The molecule has 0 spiro atoms. The molecule has 0 unspecified atom stereocenters. The van der Waals surface area contributed by atoms with Crippen LogP contribution in [0.2, 0.25) is 0 Å². The van der Waals surface area contributed by atoms with Gasteiger partial charge in [0, 0.05) is 0 Å². The minimum absolute atomic E-state index is 0.175. The van der Waals surface area contributed by atoms with E-state index >= 15 is 0 Å². The van der Waals surface area contributed by atoms with Crippen molar-refractivity contribution in [2.75, 3.05) is 18.1 Å². The van der Waals surface area contributed by atoms with Crippen molar-refractivity contribution in [1.82, 2.24) is 0 Å². The first-order chi connectivity index (χ1) is 13.0. The van der Waals surface area contributed by atoms with Crippen molar-refractivity contribution in [2.45, 2.75) is 32.1 Å². The molecule has 0 bridgehead atoms. The van der Waals surface area contributed by atoms with Gasteiger partial charge in [0.15, 0.2) is 0 Å². The number of benzene rings is 1. The van der Waals surface area contributed by atoms with Gasteiger partial charge in [-0.05, 0) is 0 Å². The second kappa shape index (κ2) is 10.8. The molecule has 0 atom stereocenters. The molecule has 0 aliphatic heterocycles. The molecule has 1 aromatic rings. The summed E-state index contributed by atoms with van der Waals surface area (Å²) in [5, 5.41) is 2.70. The van der Waals surface area contributed by atoms with E-state index in [-0.39, 0.29) is 5.75 Å². The van der Waals surface area contributed by atoms with Gasteiger partial charge in [0.25, 0.3) is 0 Å². The van der Waals surface area contributed by atoms with Gasteiger partial charge in [-0.15, -0.1) is 0 Å². The Morgan fingerprint density at radius 3 is 2.52 bits per heavy atom. The van der Waals surface area contributed by atoms with E-state index in [9.17, 15) is 13.0 Å². The fraction of sp³-hybridized carbons (Fsp3) is 0.364. The first-order valence-electron chi connectivity index (χ1n) is 9.62. The summed E-state index contributed by atoms with van der Waals surface area (Å²) in [6.45, 7) is 3.77. The maximum absolute atomic E-state index is 11.3. The average Bonchev–Trinajstić information content (AvgIpc) is 2.67. The van der Waals surface area contributed by atoms with Gasteiger partial charge >= 0.3 is 165 Å². The summed E-state index contributed by atoms with van der Waals surface area (Å²) in [6, 6.07) is 10.5. The molecule has 0 heterocycles. The monoisotopic (exact) mass is 406 g/mol. The quantitative estimate of drug-likeness (QED) is 0.241. The predicted molar refractivity (Wildman–Crippen MR) is 120 cm³/mol. The van der Waals surface area contributed by atoms with Crippen molar-refractivity contribution in [1.29, 1.82) is 0 Å². The van der Waals surface area contributed by atoms with E-state index in [0.717, 1.165) is 38.0 Å².